The third kappa shape index (κ3) is 14.0. The molecule has 2 aromatic carbocycles. The van der Waals surface area contributed by atoms with E-state index in [-0.39, 0.29) is 44.3 Å². The van der Waals surface area contributed by atoms with Gasteiger partial charge >= 0.3 is 12.1 Å². The van der Waals surface area contributed by atoms with Gasteiger partial charge in [0, 0.05) is 32.0 Å². The van der Waals surface area contributed by atoms with Crippen LogP contribution in [0.5, 0.6) is 0 Å². The number of ether oxygens (including phenoxy) is 2. The fourth-order valence-electron chi connectivity index (χ4n) is 4.24. The predicted molar refractivity (Wildman–Crippen MR) is 166 cm³/mol. The Balaban J connectivity index is 2.21. The van der Waals surface area contributed by atoms with Gasteiger partial charge in [0.25, 0.3) is 0 Å². The van der Waals surface area contributed by atoms with Crippen LogP contribution in [0.1, 0.15) is 51.2 Å². The van der Waals surface area contributed by atoms with Gasteiger partial charge in [-0.3, -0.25) is 14.4 Å². The van der Waals surface area contributed by atoms with Gasteiger partial charge in [-0.25, -0.2) is 9.59 Å². The van der Waals surface area contributed by atoms with Crippen molar-refractivity contribution in [2.45, 2.75) is 71.2 Å². The van der Waals surface area contributed by atoms with Crippen LogP contribution in [-0.4, -0.2) is 61.6 Å². The molecule has 0 aliphatic carbocycles. The molecule has 2 rings (SSSR count). The highest BCUT2D eigenvalue weighted by Crippen LogP contribution is 2.10. The summed E-state index contributed by atoms with van der Waals surface area (Å²) >= 11 is 0. The van der Waals surface area contributed by atoms with E-state index in [0.717, 1.165) is 11.1 Å². The molecule has 11 nitrogen and oxygen atoms in total. The van der Waals surface area contributed by atoms with Crippen molar-refractivity contribution in [3.8, 4) is 0 Å². The molecule has 0 bridgehead atoms. The lowest BCUT2D eigenvalue weighted by atomic mass is 10.0. The molecule has 0 spiro atoms. The number of nitrogens with one attached hydrogen (secondary N) is 4. The number of alkyl carbamates (subject to hydrolysis) is 1. The quantitative estimate of drug-likeness (QED) is 0.159. The molecule has 4 amide bonds. The second-order valence-corrected chi connectivity index (χ2v) is 10.6. The summed E-state index contributed by atoms with van der Waals surface area (Å²) < 4.78 is 10.3. The van der Waals surface area contributed by atoms with Crippen LogP contribution >= 0.6 is 0 Å². The zero-order valence-corrected chi connectivity index (χ0v) is 25.8. The number of esters is 1. The van der Waals surface area contributed by atoms with Crippen molar-refractivity contribution >= 4 is 29.8 Å². The Morgan fingerprint density at radius 3 is 2.00 bits per heavy atom. The second kappa shape index (κ2) is 19.5. The van der Waals surface area contributed by atoms with Gasteiger partial charge in [-0.05, 0) is 36.8 Å². The van der Waals surface area contributed by atoms with Crippen LogP contribution in [0.2, 0.25) is 0 Å². The van der Waals surface area contributed by atoms with Crippen molar-refractivity contribution < 1.29 is 33.4 Å². The summed E-state index contributed by atoms with van der Waals surface area (Å²) in [6.07, 6.45) is 2.68. The summed E-state index contributed by atoms with van der Waals surface area (Å²) in [7, 11) is 1.51. The number of benzene rings is 2. The largest absolute Gasteiger partial charge is 0.463 e. The van der Waals surface area contributed by atoms with Crippen LogP contribution in [0.3, 0.4) is 0 Å². The Bertz CT molecular complexity index is 1240. The standard InChI is InChI=1S/C33H44N4O7/c1-5-43-30(39)19-17-26(16-18-29(38)34-4)35-31(40)28(21-24-12-8-6-9-13-24)36-32(41)27(20-23(2)3)37-33(42)44-22-25-14-10-7-11-15-25/h6-15,17,19,23,26-28H,5,16,18,20-22H2,1-4H3,(H,34,38)(H,35,40)(H,36,41)(H,37,42)/b19-17+/t26-,27-,28-/m0/s1. The van der Waals surface area contributed by atoms with Crippen molar-refractivity contribution in [1.82, 2.24) is 21.3 Å². The van der Waals surface area contributed by atoms with Crippen LogP contribution in [0.15, 0.2) is 72.8 Å². The van der Waals surface area contributed by atoms with Gasteiger partial charge in [0.05, 0.1) is 6.61 Å². The molecule has 0 saturated heterocycles. The lowest BCUT2D eigenvalue weighted by molar-refractivity contribution is -0.137. The van der Waals surface area contributed by atoms with Crippen molar-refractivity contribution in [3.63, 3.8) is 0 Å². The molecule has 0 aliphatic heterocycles. The molecule has 11 heteroatoms. The lowest BCUT2D eigenvalue weighted by Gasteiger charge is -2.25. The molecule has 0 heterocycles. The monoisotopic (exact) mass is 608 g/mol. The minimum absolute atomic E-state index is 0.0402. The van der Waals surface area contributed by atoms with E-state index >= 15 is 0 Å². The zero-order chi connectivity index (χ0) is 32.3. The van der Waals surface area contributed by atoms with E-state index in [1.165, 1.54) is 19.2 Å². The van der Waals surface area contributed by atoms with Gasteiger partial charge in [0.1, 0.15) is 18.7 Å². The van der Waals surface area contributed by atoms with Crippen molar-refractivity contribution in [2.24, 2.45) is 5.92 Å². The zero-order valence-electron chi connectivity index (χ0n) is 25.8. The van der Waals surface area contributed by atoms with Crippen LogP contribution in [0.25, 0.3) is 0 Å². The summed E-state index contributed by atoms with van der Waals surface area (Å²) in [6, 6.07) is 15.6. The molecular weight excluding hydrogens is 564 g/mol. The average Bonchev–Trinajstić information content (AvgIpc) is 3.01. The summed E-state index contributed by atoms with van der Waals surface area (Å²) in [6.45, 7) is 5.74. The molecule has 4 N–H and O–H groups in total. The first-order valence-corrected chi connectivity index (χ1v) is 14.8. The van der Waals surface area contributed by atoms with Crippen LogP contribution in [-0.2, 0) is 41.7 Å². The Kier molecular flexibility index (Phi) is 15.7. The van der Waals surface area contributed by atoms with E-state index < -0.39 is 42.0 Å². The van der Waals surface area contributed by atoms with E-state index in [1.807, 2.05) is 74.5 Å². The van der Waals surface area contributed by atoms with Gasteiger partial charge in [0.2, 0.25) is 17.7 Å². The Labute approximate surface area is 259 Å². The molecule has 238 valence electrons. The minimum Gasteiger partial charge on any atom is -0.463 e. The molecular formula is C33H44N4O7. The molecule has 44 heavy (non-hydrogen) atoms. The van der Waals surface area contributed by atoms with Gasteiger partial charge in [-0.15, -0.1) is 0 Å². The number of amides is 4. The maximum atomic E-state index is 13.6. The normalized spacial score (nSPS) is 12.9. The number of hydrogen-bond donors (Lipinski definition) is 4. The van der Waals surface area contributed by atoms with Gasteiger partial charge < -0.3 is 30.7 Å². The first-order chi connectivity index (χ1) is 21.1. The summed E-state index contributed by atoms with van der Waals surface area (Å²) in [5.41, 5.74) is 1.60. The SMILES string of the molecule is CCOC(=O)/C=C/[C@H](CCC(=O)NC)NC(=O)[C@H](Cc1ccccc1)NC(=O)[C@H](CC(C)C)NC(=O)OCc1ccccc1. The van der Waals surface area contributed by atoms with Crippen molar-refractivity contribution in [2.75, 3.05) is 13.7 Å². The molecule has 2 aromatic rings. The Hall–Kier alpha value is -4.67. The first kappa shape index (κ1) is 35.5. The van der Waals surface area contributed by atoms with Crippen molar-refractivity contribution in [3.05, 3.63) is 83.9 Å². The second-order valence-electron chi connectivity index (χ2n) is 10.6. The Morgan fingerprint density at radius 2 is 1.41 bits per heavy atom. The number of carbonyl (C=O) groups excluding carboxylic acids is 5. The molecule has 0 fully saturated rings. The highest BCUT2D eigenvalue weighted by atomic mass is 16.5. The summed E-state index contributed by atoms with van der Waals surface area (Å²) in [4.78, 5) is 63.6. The highest BCUT2D eigenvalue weighted by Gasteiger charge is 2.29. The van der Waals surface area contributed by atoms with Crippen LogP contribution < -0.4 is 21.3 Å². The van der Waals surface area contributed by atoms with E-state index in [0.29, 0.717) is 6.42 Å². The van der Waals surface area contributed by atoms with Crippen LogP contribution in [0, 0.1) is 5.92 Å². The van der Waals surface area contributed by atoms with Gasteiger partial charge in [-0.2, -0.15) is 0 Å². The highest BCUT2D eigenvalue weighted by molar-refractivity contribution is 5.92. The van der Waals surface area contributed by atoms with Crippen LogP contribution in [0.4, 0.5) is 4.79 Å². The third-order valence-corrected chi connectivity index (χ3v) is 6.48. The lowest BCUT2D eigenvalue weighted by Crippen LogP contribution is -2.55. The molecule has 0 saturated carbocycles. The van der Waals surface area contributed by atoms with E-state index in [4.69, 9.17) is 9.47 Å². The smallest absolute Gasteiger partial charge is 0.408 e. The molecule has 0 radical (unpaired) electrons. The van der Waals surface area contributed by atoms with E-state index in [1.54, 1.807) is 6.92 Å². The third-order valence-electron chi connectivity index (χ3n) is 6.48. The predicted octanol–water partition coefficient (Wildman–Crippen LogP) is 3.19. The summed E-state index contributed by atoms with van der Waals surface area (Å²) in [5, 5.41) is 10.8. The topological polar surface area (TPSA) is 152 Å². The van der Waals surface area contributed by atoms with Crippen molar-refractivity contribution in [1.29, 1.82) is 0 Å². The Morgan fingerprint density at radius 1 is 0.795 bits per heavy atom. The van der Waals surface area contributed by atoms with E-state index in [9.17, 15) is 24.0 Å². The average molecular weight is 609 g/mol. The first-order valence-electron chi connectivity index (χ1n) is 14.8. The van der Waals surface area contributed by atoms with Gasteiger partial charge in [0.15, 0.2) is 0 Å². The minimum atomic E-state index is -1.03. The molecule has 0 aliphatic rings. The number of carbonyl (C=O) groups is 5. The number of hydrogen-bond acceptors (Lipinski definition) is 7. The molecule has 3 atom stereocenters. The van der Waals surface area contributed by atoms with E-state index in [2.05, 4.69) is 21.3 Å². The summed E-state index contributed by atoms with van der Waals surface area (Å²) in [5.74, 6) is -1.83. The fraction of sp³-hybridized carbons (Fsp3) is 0.424. The maximum absolute atomic E-state index is 13.6. The maximum Gasteiger partial charge on any atom is 0.408 e. The number of rotatable bonds is 17. The molecule has 0 aromatic heterocycles. The van der Waals surface area contributed by atoms with Gasteiger partial charge in [-0.1, -0.05) is 80.6 Å². The fourth-order valence-corrected chi connectivity index (χ4v) is 4.24. The molecule has 0 unspecified atom stereocenters.